The summed E-state index contributed by atoms with van der Waals surface area (Å²) < 4.78 is 7.53. The van der Waals surface area contributed by atoms with E-state index in [1.807, 2.05) is 62.0 Å². The molecule has 6 nitrogen and oxygen atoms in total. The zero-order valence-electron chi connectivity index (χ0n) is 16.1. The molecule has 0 atom stereocenters. The first-order valence-corrected chi connectivity index (χ1v) is 9.69. The maximum atomic E-state index is 12.9. The molecule has 1 N–H and O–H groups in total. The fourth-order valence-corrected chi connectivity index (χ4v) is 4.21. The summed E-state index contributed by atoms with van der Waals surface area (Å²) in [5, 5.41) is 3.46. The Morgan fingerprint density at radius 2 is 1.89 bits per heavy atom. The number of hydrogen-bond donors (Lipinski definition) is 1. The van der Waals surface area contributed by atoms with Gasteiger partial charge in [-0.05, 0) is 20.8 Å². The van der Waals surface area contributed by atoms with E-state index in [0.717, 1.165) is 33.3 Å². The SMILES string of the molecule is Cc1oc(C)c(C(=O)Nc2nc(-c3ccccc3)c(-c3nccn3C)s2)c1C. The number of benzene rings is 1. The van der Waals surface area contributed by atoms with Crippen LogP contribution in [0.5, 0.6) is 0 Å². The van der Waals surface area contributed by atoms with Gasteiger partial charge in [0.2, 0.25) is 0 Å². The predicted octanol–water partition coefficient (Wildman–Crippen LogP) is 4.98. The lowest BCUT2D eigenvalue weighted by molar-refractivity contribution is 0.102. The molecule has 3 aromatic heterocycles. The minimum Gasteiger partial charge on any atom is -0.466 e. The first-order valence-electron chi connectivity index (χ1n) is 8.87. The number of aryl methyl sites for hydroxylation is 3. The van der Waals surface area contributed by atoms with Crippen molar-refractivity contribution in [3.8, 4) is 22.0 Å². The molecule has 0 aliphatic carbocycles. The highest BCUT2D eigenvalue weighted by Gasteiger charge is 2.22. The average Bonchev–Trinajstić information content (AvgIpc) is 3.34. The number of nitrogens with one attached hydrogen (secondary N) is 1. The van der Waals surface area contributed by atoms with Gasteiger partial charge in [-0.2, -0.15) is 0 Å². The number of anilines is 1. The second-order valence-electron chi connectivity index (χ2n) is 6.59. The normalized spacial score (nSPS) is 11.0. The summed E-state index contributed by atoms with van der Waals surface area (Å²) in [6.45, 7) is 5.54. The van der Waals surface area contributed by atoms with Crippen LogP contribution in [0.15, 0.2) is 47.1 Å². The first-order chi connectivity index (χ1) is 13.5. The summed E-state index contributed by atoms with van der Waals surface area (Å²) >= 11 is 1.41. The maximum absolute atomic E-state index is 12.9. The number of nitrogens with zero attached hydrogens (tertiary/aromatic N) is 3. The van der Waals surface area contributed by atoms with E-state index < -0.39 is 0 Å². The van der Waals surface area contributed by atoms with Crippen LogP contribution in [-0.2, 0) is 7.05 Å². The van der Waals surface area contributed by atoms with Crippen molar-refractivity contribution in [3.63, 3.8) is 0 Å². The summed E-state index contributed by atoms with van der Waals surface area (Å²) in [6.07, 6.45) is 3.64. The van der Waals surface area contributed by atoms with Crippen LogP contribution in [0.4, 0.5) is 5.13 Å². The lowest BCUT2D eigenvalue weighted by atomic mass is 10.1. The largest absolute Gasteiger partial charge is 0.466 e. The van der Waals surface area contributed by atoms with Crippen LogP contribution in [-0.4, -0.2) is 20.4 Å². The number of aromatic nitrogens is 3. The van der Waals surface area contributed by atoms with E-state index in [9.17, 15) is 4.79 Å². The summed E-state index contributed by atoms with van der Waals surface area (Å²) in [6, 6.07) is 9.90. The van der Waals surface area contributed by atoms with Crippen molar-refractivity contribution in [2.75, 3.05) is 5.32 Å². The van der Waals surface area contributed by atoms with Crippen molar-refractivity contribution < 1.29 is 9.21 Å². The molecule has 0 spiro atoms. The van der Waals surface area contributed by atoms with E-state index in [1.165, 1.54) is 11.3 Å². The Balaban J connectivity index is 1.76. The minimum atomic E-state index is -0.216. The van der Waals surface area contributed by atoms with Crippen molar-refractivity contribution in [2.45, 2.75) is 20.8 Å². The Morgan fingerprint density at radius 1 is 1.14 bits per heavy atom. The molecule has 7 heteroatoms. The molecular formula is C21H20N4O2S. The van der Waals surface area contributed by atoms with Gasteiger partial charge >= 0.3 is 0 Å². The lowest BCUT2D eigenvalue weighted by Crippen LogP contribution is -2.13. The quantitative estimate of drug-likeness (QED) is 0.531. The molecule has 0 bridgehead atoms. The number of amides is 1. The number of carbonyl (C=O) groups is 1. The topological polar surface area (TPSA) is 73.0 Å². The fourth-order valence-electron chi connectivity index (χ4n) is 3.19. The Kier molecular flexibility index (Phi) is 4.60. The maximum Gasteiger partial charge on any atom is 0.261 e. The van der Waals surface area contributed by atoms with Gasteiger partial charge in [-0.15, -0.1) is 0 Å². The monoisotopic (exact) mass is 392 g/mol. The number of imidazole rings is 1. The fraction of sp³-hybridized carbons (Fsp3) is 0.190. The highest BCUT2D eigenvalue weighted by molar-refractivity contribution is 7.19. The number of hydrogen-bond acceptors (Lipinski definition) is 5. The van der Waals surface area contributed by atoms with Gasteiger partial charge in [-0.1, -0.05) is 41.7 Å². The molecule has 0 saturated carbocycles. The van der Waals surface area contributed by atoms with Crippen molar-refractivity contribution >= 4 is 22.4 Å². The smallest absolute Gasteiger partial charge is 0.261 e. The number of rotatable bonds is 4. The molecule has 4 rings (SSSR count). The van der Waals surface area contributed by atoms with Gasteiger partial charge in [-0.3, -0.25) is 10.1 Å². The molecule has 0 fully saturated rings. The van der Waals surface area contributed by atoms with Crippen molar-refractivity contribution in [2.24, 2.45) is 7.05 Å². The summed E-state index contributed by atoms with van der Waals surface area (Å²) in [7, 11) is 1.94. The van der Waals surface area contributed by atoms with Gasteiger partial charge in [0.15, 0.2) is 11.0 Å². The van der Waals surface area contributed by atoms with E-state index in [-0.39, 0.29) is 5.91 Å². The predicted molar refractivity (Wildman–Crippen MR) is 111 cm³/mol. The first kappa shape index (κ1) is 18.2. The molecule has 0 saturated heterocycles. The Labute approximate surface area is 166 Å². The van der Waals surface area contributed by atoms with Gasteiger partial charge in [0.25, 0.3) is 5.91 Å². The Morgan fingerprint density at radius 3 is 2.50 bits per heavy atom. The highest BCUT2D eigenvalue weighted by atomic mass is 32.1. The third-order valence-electron chi connectivity index (χ3n) is 4.71. The average molecular weight is 392 g/mol. The third-order valence-corrected chi connectivity index (χ3v) is 5.67. The van der Waals surface area contributed by atoms with Crippen molar-refractivity contribution in [1.29, 1.82) is 0 Å². The zero-order chi connectivity index (χ0) is 19.8. The molecule has 3 heterocycles. The van der Waals surface area contributed by atoms with Gasteiger partial charge in [0.05, 0.1) is 16.1 Å². The number of thiazole rings is 1. The lowest BCUT2D eigenvalue weighted by Gasteiger charge is -2.02. The van der Waals surface area contributed by atoms with Crippen LogP contribution in [0.2, 0.25) is 0 Å². The van der Waals surface area contributed by atoms with E-state index in [0.29, 0.717) is 16.5 Å². The molecule has 28 heavy (non-hydrogen) atoms. The van der Waals surface area contributed by atoms with E-state index >= 15 is 0 Å². The number of carbonyl (C=O) groups excluding carboxylic acids is 1. The van der Waals surface area contributed by atoms with Crippen LogP contribution in [0, 0.1) is 20.8 Å². The molecule has 142 valence electrons. The summed E-state index contributed by atoms with van der Waals surface area (Å²) in [5.74, 6) is 1.95. The second kappa shape index (κ2) is 7.09. The van der Waals surface area contributed by atoms with Crippen molar-refractivity contribution in [3.05, 3.63) is 65.4 Å². The van der Waals surface area contributed by atoms with E-state index in [2.05, 4.69) is 10.3 Å². The molecule has 0 unspecified atom stereocenters. The highest BCUT2D eigenvalue weighted by Crippen LogP contribution is 2.38. The molecule has 4 aromatic rings. The summed E-state index contributed by atoms with van der Waals surface area (Å²) in [5.41, 5.74) is 3.18. The van der Waals surface area contributed by atoms with E-state index in [4.69, 9.17) is 9.40 Å². The summed E-state index contributed by atoms with van der Waals surface area (Å²) in [4.78, 5) is 22.9. The number of furan rings is 1. The minimum absolute atomic E-state index is 0.216. The van der Waals surface area contributed by atoms with Crippen LogP contribution >= 0.6 is 11.3 Å². The Hall–Kier alpha value is -3.19. The van der Waals surface area contributed by atoms with Gasteiger partial charge in [0, 0.05) is 30.6 Å². The Bertz CT molecular complexity index is 1150. The molecular weight excluding hydrogens is 372 g/mol. The third kappa shape index (κ3) is 3.14. The van der Waals surface area contributed by atoms with Crippen LogP contribution < -0.4 is 5.32 Å². The van der Waals surface area contributed by atoms with E-state index in [1.54, 1.807) is 13.1 Å². The molecule has 0 radical (unpaired) electrons. The molecule has 0 aliphatic rings. The molecule has 1 amide bonds. The van der Waals surface area contributed by atoms with Gasteiger partial charge in [-0.25, -0.2) is 9.97 Å². The molecule has 1 aromatic carbocycles. The standard InChI is InChI=1S/C21H20N4O2S/c1-12-13(2)27-14(3)16(12)20(26)24-21-23-17(15-8-6-5-7-9-15)18(28-21)19-22-10-11-25(19)4/h5-11H,1-4H3,(H,23,24,26). The van der Waals surface area contributed by atoms with Crippen molar-refractivity contribution in [1.82, 2.24) is 14.5 Å². The van der Waals surface area contributed by atoms with Gasteiger partial charge < -0.3 is 8.98 Å². The van der Waals surface area contributed by atoms with Crippen LogP contribution in [0.3, 0.4) is 0 Å². The van der Waals surface area contributed by atoms with Crippen LogP contribution in [0.1, 0.15) is 27.4 Å². The zero-order valence-corrected chi connectivity index (χ0v) is 16.9. The van der Waals surface area contributed by atoms with Crippen LogP contribution in [0.25, 0.3) is 22.0 Å². The van der Waals surface area contributed by atoms with Gasteiger partial charge in [0.1, 0.15) is 11.5 Å². The molecule has 0 aliphatic heterocycles. The second-order valence-corrected chi connectivity index (χ2v) is 7.59.